The number of hydrogen-bond acceptors (Lipinski definition) is 10. The van der Waals surface area contributed by atoms with Crippen LogP contribution in [0.25, 0.3) is 0 Å². The van der Waals surface area contributed by atoms with Crippen molar-refractivity contribution in [3.05, 3.63) is 0 Å². The lowest BCUT2D eigenvalue weighted by Crippen LogP contribution is -2.53. The van der Waals surface area contributed by atoms with Gasteiger partial charge in [-0.25, -0.2) is 9.59 Å². The van der Waals surface area contributed by atoms with E-state index >= 15 is 0 Å². The van der Waals surface area contributed by atoms with Gasteiger partial charge < -0.3 is 52.5 Å². The maximum Gasteiger partial charge on any atom is 0.328 e. The molecule has 6 atom stereocenters. The summed E-state index contributed by atoms with van der Waals surface area (Å²) in [4.78, 5) is 55.2. The van der Waals surface area contributed by atoms with E-state index in [0.29, 0.717) is 6.54 Å². The second-order valence-corrected chi connectivity index (χ2v) is 7.03. The molecule has 0 aromatic carbocycles. The number of amides is 3. The van der Waals surface area contributed by atoms with Gasteiger partial charge in [0.15, 0.2) is 0 Å². The van der Waals surface area contributed by atoms with Crippen molar-refractivity contribution in [1.29, 1.82) is 0 Å². The summed E-state index contributed by atoms with van der Waals surface area (Å²) in [6.07, 6.45) is -0.338. The van der Waals surface area contributed by atoms with Gasteiger partial charge in [0.1, 0.15) is 18.1 Å². The largest absolute Gasteiger partial charge is 0.480 e. The van der Waals surface area contributed by atoms with Crippen molar-refractivity contribution in [2.75, 3.05) is 19.8 Å². The molecule has 0 bridgehead atoms. The Balaban J connectivity index is 0. The number of carbonyl (C=O) groups excluding carboxylic acids is 3. The molecule has 33 heavy (non-hydrogen) atoms. The lowest BCUT2D eigenvalue weighted by molar-refractivity contribution is -0.143. The standard InChI is InChI=1S/C11H19N3O6.C6H12N2O4.ClH/c1-5(9(17)14-8(4-15)11(19)20)13-10(18)7-2-6(16)3-12-7;1-3(7)5(10)8-4(2-9)6(11)12;/h5-8,12,15-16H,2-4H2,1H3,(H,13,18)(H,14,17)(H,19,20);3-4,9H,2,7H2,1H3,(H,8,10)(H,11,12);1H/t5-,6+,7-,8-;3-,4-;/m00./s1. The molecule has 0 aromatic heterocycles. The summed E-state index contributed by atoms with van der Waals surface area (Å²) in [5.41, 5.74) is 5.15. The van der Waals surface area contributed by atoms with Crippen LogP contribution in [-0.4, -0.2) is 111 Å². The van der Waals surface area contributed by atoms with Gasteiger partial charge in [0.05, 0.1) is 31.4 Å². The van der Waals surface area contributed by atoms with Gasteiger partial charge in [0, 0.05) is 6.54 Å². The first-order valence-corrected chi connectivity index (χ1v) is 9.59. The van der Waals surface area contributed by atoms with Gasteiger partial charge in [-0.1, -0.05) is 0 Å². The van der Waals surface area contributed by atoms with Crippen LogP contribution in [0.2, 0.25) is 0 Å². The number of aliphatic carboxylic acids is 2. The van der Waals surface area contributed by atoms with Gasteiger partial charge in [-0.2, -0.15) is 0 Å². The maximum atomic E-state index is 11.8. The van der Waals surface area contributed by atoms with Crippen molar-refractivity contribution in [3.8, 4) is 0 Å². The lowest BCUT2D eigenvalue weighted by Gasteiger charge is -2.19. The van der Waals surface area contributed by atoms with Gasteiger partial charge >= 0.3 is 11.9 Å². The fraction of sp³-hybridized carbons (Fsp3) is 0.706. The topological polar surface area (TPSA) is 261 Å². The summed E-state index contributed by atoms with van der Waals surface area (Å²) in [5, 5.41) is 53.0. The molecule has 1 aliphatic heterocycles. The first kappa shape index (κ1) is 32.6. The Morgan fingerprint density at radius 2 is 1.39 bits per heavy atom. The summed E-state index contributed by atoms with van der Waals surface area (Å²) in [5.74, 6) is -4.40. The van der Waals surface area contributed by atoms with Crippen LogP contribution in [0, 0.1) is 0 Å². The van der Waals surface area contributed by atoms with Crippen molar-refractivity contribution >= 4 is 42.1 Å². The zero-order chi connectivity index (χ0) is 25.0. The second kappa shape index (κ2) is 16.1. The lowest BCUT2D eigenvalue weighted by atomic mass is 10.1. The molecule has 11 N–H and O–H groups in total. The molecule has 1 heterocycles. The predicted octanol–water partition coefficient (Wildman–Crippen LogP) is -4.91. The van der Waals surface area contributed by atoms with Gasteiger partial charge in [-0.3, -0.25) is 14.4 Å². The molecule has 1 aliphatic rings. The summed E-state index contributed by atoms with van der Waals surface area (Å²) in [7, 11) is 0. The van der Waals surface area contributed by atoms with Crippen molar-refractivity contribution in [2.24, 2.45) is 5.73 Å². The van der Waals surface area contributed by atoms with Crippen LogP contribution in [0.1, 0.15) is 20.3 Å². The molecule has 0 radical (unpaired) electrons. The average molecular weight is 502 g/mol. The smallest absolute Gasteiger partial charge is 0.328 e. The van der Waals surface area contributed by atoms with Crippen molar-refractivity contribution in [3.63, 3.8) is 0 Å². The average Bonchev–Trinajstić information content (AvgIpc) is 3.15. The third kappa shape index (κ3) is 12.3. The Morgan fingerprint density at radius 1 is 0.939 bits per heavy atom. The number of nitrogens with two attached hydrogens (primary N) is 1. The van der Waals surface area contributed by atoms with Crippen LogP contribution in [0.5, 0.6) is 0 Å². The molecule has 0 aliphatic carbocycles. The van der Waals surface area contributed by atoms with Crippen molar-refractivity contribution in [2.45, 2.75) is 56.6 Å². The van der Waals surface area contributed by atoms with Crippen molar-refractivity contribution in [1.82, 2.24) is 21.3 Å². The van der Waals surface area contributed by atoms with E-state index in [2.05, 4.69) is 21.3 Å². The molecule has 0 spiro atoms. The highest BCUT2D eigenvalue weighted by Gasteiger charge is 2.30. The maximum absolute atomic E-state index is 11.8. The highest BCUT2D eigenvalue weighted by Crippen LogP contribution is 2.06. The molecule has 0 aromatic rings. The minimum absolute atomic E-state index is 0. The number of halogens is 1. The number of aliphatic hydroxyl groups excluding tert-OH is 3. The van der Waals surface area contributed by atoms with E-state index in [-0.39, 0.29) is 18.8 Å². The van der Waals surface area contributed by atoms with E-state index in [9.17, 15) is 29.1 Å². The molecule has 15 nitrogen and oxygen atoms in total. The number of rotatable bonds is 10. The number of carbonyl (C=O) groups is 5. The van der Waals surface area contributed by atoms with E-state index in [1.54, 1.807) is 0 Å². The molecule has 3 amide bonds. The quantitative estimate of drug-likeness (QED) is 0.135. The number of β-amino-alcohol motifs (C(OH)–C–C–N with tert-alkyl or cyclic N) is 1. The Bertz CT molecular complexity index is 681. The molecule has 1 fully saturated rings. The predicted molar refractivity (Wildman–Crippen MR) is 114 cm³/mol. The molecule has 0 unspecified atom stereocenters. The number of carboxylic acid groups (broad SMARTS) is 2. The molecular weight excluding hydrogens is 470 g/mol. The molecular formula is C17H32ClN5O10. The Morgan fingerprint density at radius 3 is 1.73 bits per heavy atom. The fourth-order valence-corrected chi connectivity index (χ4v) is 2.27. The minimum atomic E-state index is -1.41. The van der Waals surface area contributed by atoms with E-state index < -0.39 is 79.2 Å². The zero-order valence-corrected chi connectivity index (χ0v) is 18.9. The van der Waals surface area contributed by atoms with Gasteiger partial charge in [-0.05, 0) is 20.3 Å². The summed E-state index contributed by atoms with van der Waals surface area (Å²) < 4.78 is 0. The van der Waals surface area contributed by atoms with Gasteiger partial charge in [0.2, 0.25) is 17.7 Å². The molecule has 0 saturated carbocycles. The molecule has 192 valence electrons. The third-order valence-electron chi connectivity index (χ3n) is 4.18. The van der Waals surface area contributed by atoms with E-state index in [1.807, 2.05) is 0 Å². The number of nitrogens with one attached hydrogen (secondary N) is 4. The monoisotopic (exact) mass is 501 g/mol. The normalized spacial score (nSPS) is 20.4. The third-order valence-corrected chi connectivity index (χ3v) is 4.18. The van der Waals surface area contributed by atoms with E-state index in [0.717, 1.165) is 0 Å². The highest BCUT2D eigenvalue weighted by atomic mass is 35.5. The number of carboxylic acids is 2. The van der Waals surface area contributed by atoms with Crippen LogP contribution < -0.4 is 27.0 Å². The van der Waals surface area contributed by atoms with E-state index in [1.165, 1.54) is 13.8 Å². The zero-order valence-electron chi connectivity index (χ0n) is 18.1. The molecule has 16 heteroatoms. The fourth-order valence-electron chi connectivity index (χ4n) is 2.27. The number of aliphatic hydroxyl groups is 3. The SMILES string of the molecule is C[C@H](N)C(=O)N[C@@H](CO)C(=O)O.C[C@H](NC(=O)[C@@H]1C[C@@H](O)CN1)C(=O)N[C@@H](CO)C(=O)O.Cl. The summed E-state index contributed by atoms with van der Waals surface area (Å²) in [6, 6.07) is -4.99. The summed E-state index contributed by atoms with van der Waals surface area (Å²) in [6.45, 7) is 1.75. The van der Waals surface area contributed by atoms with Gasteiger partial charge in [-0.15, -0.1) is 12.4 Å². The van der Waals surface area contributed by atoms with Crippen LogP contribution >= 0.6 is 12.4 Å². The molecule has 1 rings (SSSR count). The highest BCUT2D eigenvalue weighted by molar-refractivity contribution is 5.91. The Hall–Kier alpha value is -2.56. The minimum Gasteiger partial charge on any atom is -0.480 e. The van der Waals surface area contributed by atoms with Crippen LogP contribution in [0.15, 0.2) is 0 Å². The number of hydrogen-bond donors (Lipinski definition) is 10. The summed E-state index contributed by atoms with van der Waals surface area (Å²) >= 11 is 0. The first-order chi connectivity index (χ1) is 14.8. The van der Waals surface area contributed by atoms with Gasteiger partial charge in [0.25, 0.3) is 0 Å². The Kier molecular flexibility index (Phi) is 15.9. The van der Waals surface area contributed by atoms with Crippen LogP contribution in [0.4, 0.5) is 0 Å². The Labute approximate surface area is 195 Å². The first-order valence-electron chi connectivity index (χ1n) is 9.59. The van der Waals surface area contributed by atoms with Crippen LogP contribution in [-0.2, 0) is 24.0 Å². The molecule has 1 saturated heterocycles. The second-order valence-electron chi connectivity index (χ2n) is 7.03. The van der Waals surface area contributed by atoms with Crippen LogP contribution in [0.3, 0.4) is 0 Å². The van der Waals surface area contributed by atoms with E-state index in [4.69, 9.17) is 26.2 Å². The van der Waals surface area contributed by atoms with Crippen molar-refractivity contribution < 1.29 is 49.5 Å².